The fourth-order valence-electron chi connectivity index (χ4n) is 2.10. The summed E-state index contributed by atoms with van der Waals surface area (Å²) in [5.41, 5.74) is 2.34. The number of aromatic amines is 1. The highest BCUT2D eigenvalue weighted by molar-refractivity contribution is 5.81. The van der Waals surface area contributed by atoms with Crippen LogP contribution in [0.5, 0.6) is 0 Å². The number of para-hydroxylation sites is 1. The van der Waals surface area contributed by atoms with E-state index < -0.39 is 0 Å². The first-order valence-corrected chi connectivity index (χ1v) is 5.67. The average molecular weight is 219 g/mol. The van der Waals surface area contributed by atoms with Crippen molar-refractivity contribution in [3.8, 4) is 0 Å². The van der Waals surface area contributed by atoms with Crippen molar-refractivity contribution in [1.82, 2.24) is 4.98 Å². The molecule has 3 rings (SSSR count). The monoisotopic (exact) mass is 219 g/mol. The van der Waals surface area contributed by atoms with Crippen LogP contribution >= 0.6 is 0 Å². The predicted octanol–water partition coefficient (Wildman–Crippen LogP) is 2.41. The van der Waals surface area contributed by atoms with Crippen molar-refractivity contribution in [2.24, 2.45) is 0 Å². The Bertz CT molecular complexity index is 751. The summed E-state index contributed by atoms with van der Waals surface area (Å²) in [4.78, 5) is 3.30. The standard InChI is InChI=1S/C16H13N/c1-12-15(11-13-7-3-2-4-8-13)14-9-5-6-10-16(14)17-12/h2-11,17H,1H2/b15-11-. The van der Waals surface area contributed by atoms with E-state index in [1.807, 2.05) is 24.3 Å². The highest BCUT2D eigenvalue weighted by Gasteiger charge is 1.97. The number of benzene rings is 2. The van der Waals surface area contributed by atoms with Crippen molar-refractivity contribution in [2.45, 2.75) is 0 Å². The molecule has 0 atom stereocenters. The van der Waals surface area contributed by atoms with Gasteiger partial charge in [0.2, 0.25) is 0 Å². The van der Waals surface area contributed by atoms with E-state index in [-0.39, 0.29) is 0 Å². The first-order chi connectivity index (χ1) is 8.34. The van der Waals surface area contributed by atoms with Crippen molar-refractivity contribution >= 4 is 23.6 Å². The number of fused-ring (bicyclic) bond motifs is 1. The number of rotatable bonds is 1. The second-order valence-electron chi connectivity index (χ2n) is 4.12. The fourth-order valence-corrected chi connectivity index (χ4v) is 2.10. The van der Waals surface area contributed by atoms with Crippen LogP contribution in [-0.2, 0) is 0 Å². The summed E-state index contributed by atoms with van der Waals surface area (Å²) in [6.07, 6.45) is 2.17. The van der Waals surface area contributed by atoms with E-state index >= 15 is 0 Å². The summed E-state index contributed by atoms with van der Waals surface area (Å²) in [6, 6.07) is 18.6. The molecule has 0 saturated heterocycles. The van der Waals surface area contributed by atoms with E-state index in [1.165, 1.54) is 16.2 Å². The molecule has 0 unspecified atom stereocenters. The van der Waals surface area contributed by atoms with E-state index in [4.69, 9.17) is 0 Å². The Labute approximate surface area is 99.7 Å². The Morgan fingerprint density at radius 2 is 1.59 bits per heavy atom. The third kappa shape index (κ3) is 1.76. The quantitative estimate of drug-likeness (QED) is 0.647. The summed E-state index contributed by atoms with van der Waals surface area (Å²) in [5, 5.41) is 3.36. The van der Waals surface area contributed by atoms with Crippen LogP contribution < -0.4 is 10.6 Å². The predicted molar refractivity (Wildman–Crippen MR) is 73.1 cm³/mol. The molecule has 82 valence electrons. The molecule has 0 aliphatic carbocycles. The van der Waals surface area contributed by atoms with E-state index in [0.29, 0.717) is 0 Å². The number of hydrogen-bond donors (Lipinski definition) is 1. The Balaban J connectivity index is 2.35. The molecule has 1 nitrogen and oxygen atoms in total. The van der Waals surface area contributed by atoms with Gasteiger partial charge in [-0.3, -0.25) is 0 Å². The zero-order valence-electron chi connectivity index (χ0n) is 9.48. The lowest BCUT2D eigenvalue weighted by Gasteiger charge is -1.91. The third-order valence-corrected chi connectivity index (χ3v) is 2.94. The number of hydrogen-bond acceptors (Lipinski definition) is 0. The first kappa shape index (κ1) is 9.91. The summed E-state index contributed by atoms with van der Waals surface area (Å²) in [7, 11) is 0. The number of H-pyrrole nitrogens is 1. The van der Waals surface area contributed by atoms with Crippen molar-refractivity contribution in [3.05, 3.63) is 70.7 Å². The zero-order valence-corrected chi connectivity index (χ0v) is 9.48. The average Bonchev–Trinajstić information content (AvgIpc) is 2.68. The van der Waals surface area contributed by atoms with Crippen molar-refractivity contribution in [3.63, 3.8) is 0 Å². The maximum absolute atomic E-state index is 4.07. The fraction of sp³-hybridized carbons (Fsp3) is 0. The van der Waals surface area contributed by atoms with Crippen LogP contribution in [0.2, 0.25) is 0 Å². The molecule has 0 fully saturated rings. The Hall–Kier alpha value is -2.28. The smallest absolute Gasteiger partial charge is 0.0464 e. The molecule has 0 amide bonds. The van der Waals surface area contributed by atoms with Gasteiger partial charge in [-0.2, -0.15) is 0 Å². The summed E-state index contributed by atoms with van der Waals surface area (Å²) in [5.74, 6) is 0. The second-order valence-corrected chi connectivity index (χ2v) is 4.12. The minimum Gasteiger partial charge on any atom is -0.355 e. The molecular formula is C16H13N. The van der Waals surface area contributed by atoms with Gasteiger partial charge >= 0.3 is 0 Å². The van der Waals surface area contributed by atoms with E-state index in [2.05, 4.69) is 48.0 Å². The maximum Gasteiger partial charge on any atom is 0.0464 e. The normalized spacial score (nSPS) is 12.1. The van der Waals surface area contributed by atoms with Crippen molar-refractivity contribution < 1.29 is 0 Å². The van der Waals surface area contributed by atoms with E-state index in [1.54, 1.807) is 0 Å². The summed E-state index contributed by atoms with van der Waals surface area (Å²) in [6.45, 7) is 4.07. The maximum atomic E-state index is 4.07. The van der Waals surface area contributed by atoms with Gasteiger partial charge in [0.05, 0.1) is 0 Å². The minimum atomic E-state index is 0.968. The highest BCUT2D eigenvalue weighted by Crippen LogP contribution is 2.05. The van der Waals surface area contributed by atoms with Gasteiger partial charge in [-0.1, -0.05) is 55.1 Å². The molecule has 1 aromatic heterocycles. The van der Waals surface area contributed by atoms with E-state index in [9.17, 15) is 0 Å². The lowest BCUT2D eigenvalue weighted by Crippen LogP contribution is -2.20. The van der Waals surface area contributed by atoms with Crippen molar-refractivity contribution in [2.75, 3.05) is 0 Å². The Morgan fingerprint density at radius 3 is 2.41 bits per heavy atom. The molecule has 0 radical (unpaired) electrons. The third-order valence-electron chi connectivity index (χ3n) is 2.94. The molecular weight excluding hydrogens is 206 g/mol. The van der Waals surface area contributed by atoms with Gasteiger partial charge in [-0.25, -0.2) is 0 Å². The van der Waals surface area contributed by atoms with Gasteiger partial charge in [0.15, 0.2) is 0 Å². The van der Waals surface area contributed by atoms with Gasteiger partial charge in [0.25, 0.3) is 0 Å². The Morgan fingerprint density at radius 1 is 0.882 bits per heavy atom. The minimum absolute atomic E-state index is 0.968. The molecule has 0 aliphatic heterocycles. The second kappa shape index (κ2) is 3.95. The molecule has 1 heteroatoms. The van der Waals surface area contributed by atoms with Crippen LogP contribution in [0.1, 0.15) is 5.56 Å². The van der Waals surface area contributed by atoms with Crippen LogP contribution in [-0.4, -0.2) is 4.98 Å². The zero-order chi connectivity index (χ0) is 11.7. The molecule has 2 aromatic carbocycles. The Kier molecular flexibility index (Phi) is 2.30. The lowest BCUT2D eigenvalue weighted by atomic mass is 10.1. The van der Waals surface area contributed by atoms with Gasteiger partial charge in [-0.05, 0) is 17.7 Å². The molecule has 17 heavy (non-hydrogen) atoms. The van der Waals surface area contributed by atoms with Crippen LogP contribution in [0.15, 0.2) is 54.6 Å². The SMILES string of the molecule is C=c1[nH]c2ccccc2/c1=C\c1ccccc1. The molecule has 0 saturated carbocycles. The summed E-state index contributed by atoms with van der Waals surface area (Å²) >= 11 is 0. The molecule has 1 N–H and O–H groups in total. The molecule has 0 spiro atoms. The summed E-state index contributed by atoms with van der Waals surface area (Å²) < 4.78 is 0. The van der Waals surface area contributed by atoms with Crippen LogP contribution in [0, 0.1) is 0 Å². The molecule has 3 aromatic rings. The van der Waals surface area contributed by atoms with Crippen LogP contribution in [0.3, 0.4) is 0 Å². The van der Waals surface area contributed by atoms with Crippen LogP contribution in [0.4, 0.5) is 0 Å². The van der Waals surface area contributed by atoms with Gasteiger partial charge in [-0.15, -0.1) is 0 Å². The lowest BCUT2D eigenvalue weighted by molar-refractivity contribution is 1.37. The number of aromatic nitrogens is 1. The largest absolute Gasteiger partial charge is 0.355 e. The highest BCUT2D eigenvalue weighted by atomic mass is 14.7. The molecule has 1 heterocycles. The van der Waals surface area contributed by atoms with Gasteiger partial charge in [0.1, 0.15) is 0 Å². The van der Waals surface area contributed by atoms with Crippen molar-refractivity contribution in [1.29, 1.82) is 0 Å². The van der Waals surface area contributed by atoms with Crippen LogP contribution in [0.25, 0.3) is 23.6 Å². The molecule has 0 aliphatic rings. The van der Waals surface area contributed by atoms with Gasteiger partial charge < -0.3 is 4.98 Å². The topological polar surface area (TPSA) is 15.8 Å². The molecule has 0 bridgehead atoms. The number of nitrogens with one attached hydrogen (secondary N) is 1. The first-order valence-electron chi connectivity index (χ1n) is 5.67. The van der Waals surface area contributed by atoms with Gasteiger partial charge in [0, 0.05) is 21.5 Å². The van der Waals surface area contributed by atoms with E-state index in [0.717, 1.165) is 10.9 Å².